The van der Waals surface area contributed by atoms with Gasteiger partial charge in [-0.2, -0.15) is 5.26 Å². The molecule has 0 bridgehead atoms. The molecule has 1 fully saturated rings. The molecule has 2 rings (SSSR count). The maximum absolute atomic E-state index is 9.25. The van der Waals surface area contributed by atoms with Gasteiger partial charge in [-0.25, -0.2) is 0 Å². The molecule has 0 aromatic carbocycles. The molecule has 2 aliphatic rings. The minimum Gasteiger partial charge on any atom is -0.495 e. The van der Waals surface area contributed by atoms with Gasteiger partial charge in [-0.1, -0.05) is 0 Å². The SMILES string of the molecule is COC1=C(N2CCNCC2)CCC(C(C)(C)C#N)=C1. The smallest absolute Gasteiger partial charge is 0.137 e. The van der Waals surface area contributed by atoms with Crippen LogP contribution in [-0.2, 0) is 4.74 Å². The summed E-state index contributed by atoms with van der Waals surface area (Å²) in [5.41, 5.74) is 2.06. The predicted molar refractivity (Wildman–Crippen MR) is 75.2 cm³/mol. The highest BCUT2D eigenvalue weighted by Crippen LogP contribution is 2.36. The molecule has 104 valence electrons. The van der Waals surface area contributed by atoms with E-state index >= 15 is 0 Å². The standard InChI is InChI=1S/C15H23N3O/c1-15(2,11-16)12-4-5-13(14(10-12)19-3)18-8-6-17-7-9-18/h10,17H,4-9H2,1-3H3. The van der Waals surface area contributed by atoms with Crippen molar-refractivity contribution >= 4 is 0 Å². The fraction of sp³-hybridized carbons (Fsp3) is 0.667. The van der Waals surface area contributed by atoms with Gasteiger partial charge in [0.1, 0.15) is 5.76 Å². The monoisotopic (exact) mass is 261 g/mol. The van der Waals surface area contributed by atoms with Crippen LogP contribution in [0.3, 0.4) is 0 Å². The zero-order chi connectivity index (χ0) is 13.9. The number of methoxy groups -OCH3 is 1. The van der Waals surface area contributed by atoms with Crippen molar-refractivity contribution in [1.82, 2.24) is 10.2 Å². The molecule has 1 N–H and O–H groups in total. The molecule has 4 nitrogen and oxygen atoms in total. The van der Waals surface area contributed by atoms with Gasteiger partial charge in [-0.3, -0.25) is 0 Å². The van der Waals surface area contributed by atoms with Crippen LogP contribution in [0, 0.1) is 16.7 Å². The Morgan fingerprint density at radius 1 is 1.32 bits per heavy atom. The summed E-state index contributed by atoms with van der Waals surface area (Å²) in [4.78, 5) is 2.40. The Bertz CT molecular complexity index is 437. The van der Waals surface area contributed by atoms with Crippen LogP contribution >= 0.6 is 0 Å². The second-order valence-electron chi connectivity index (χ2n) is 5.66. The summed E-state index contributed by atoms with van der Waals surface area (Å²) in [6.07, 6.45) is 4.00. The van der Waals surface area contributed by atoms with Gasteiger partial charge in [0.15, 0.2) is 0 Å². The Morgan fingerprint density at radius 3 is 2.58 bits per heavy atom. The summed E-state index contributed by atoms with van der Waals surface area (Å²) in [5.74, 6) is 0.937. The van der Waals surface area contributed by atoms with E-state index in [0.717, 1.165) is 44.8 Å². The molecule has 4 heteroatoms. The molecular weight excluding hydrogens is 238 g/mol. The highest BCUT2D eigenvalue weighted by molar-refractivity contribution is 5.35. The average Bonchev–Trinajstić information content (AvgIpc) is 2.47. The fourth-order valence-electron chi connectivity index (χ4n) is 2.68. The van der Waals surface area contributed by atoms with E-state index in [9.17, 15) is 5.26 Å². The van der Waals surface area contributed by atoms with E-state index in [4.69, 9.17) is 4.74 Å². The zero-order valence-corrected chi connectivity index (χ0v) is 12.1. The third-order valence-electron chi connectivity index (χ3n) is 4.02. The number of hydrogen-bond donors (Lipinski definition) is 1. The third-order valence-corrected chi connectivity index (χ3v) is 4.02. The molecule has 1 aliphatic heterocycles. The van der Waals surface area contributed by atoms with Gasteiger partial charge in [-0.15, -0.1) is 0 Å². The van der Waals surface area contributed by atoms with Crippen LogP contribution < -0.4 is 5.32 Å². The van der Waals surface area contributed by atoms with Crippen LogP contribution in [0.2, 0.25) is 0 Å². The molecule has 0 saturated carbocycles. The van der Waals surface area contributed by atoms with E-state index in [0.29, 0.717) is 0 Å². The van der Waals surface area contributed by atoms with Crippen molar-refractivity contribution in [2.45, 2.75) is 26.7 Å². The van der Waals surface area contributed by atoms with Crippen molar-refractivity contribution in [3.8, 4) is 6.07 Å². The number of nitrogens with zero attached hydrogens (tertiary/aromatic N) is 2. The Balaban J connectivity index is 2.26. The predicted octanol–water partition coefficient (Wildman–Crippen LogP) is 2.02. The quantitative estimate of drug-likeness (QED) is 0.844. The van der Waals surface area contributed by atoms with Crippen LogP contribution in [0.15, 0.2) is 23.1 Å². The lowest BCUT2D eigenvalue weighted by atomic mass is 9.80. The molecule has 0 spiro atoms. The van der Waals surface area contributed by atoms with Crippen LogP contribution in [0.4, 0.5) is 0 Å². The van der Waals surface area contributed by atoms with Crippen molar-refractivity contribution in [2.75, 3.05) is 33.3 Å². The first-order chi connectivity index (χ1) is 9.08. The molecule has 19 heavy (non-hydrogen) atoms. The second-order valence-corrected chi connectivity index (χ2v) is 5.66. The molecular formula is C15H23N3O. The van der Waals surface area contributed by atoms with Crippen LogP contribution in [0.25, 0.3) is 0 Å². The summed E-state index contributed by atoms with van der Waals surface area (Å²) in [5, 5.41) is 12.6. The number of allylic oxidation sites excluding steroid dienone is 3. The van der Waals surface area contributed by atoms with Crippen molar-refractivity contribution in [1.29, 1.82) is 5.26 Å². The number of piperazine rings is 1. The summed E-state index contributed by atoms with van der Waals surface area (Å²) >= 11 is 0. The first-order valence-corrected chi connectivity index (χ1v) is 6.93. The minimum atomic E-state index is -0.404. The maximum Gasteiger partial charge on any atom is 0.137 e. The van der Waals surface area contributed by atoms with Crippen LogP contribution in [0.5, 0.6) is 0 Å². The Hall–Kier alpha value is -1.47. The normalized spacial score (nSPS) is 20.9. The molecule has 0 radical (unpaired) electrons. The molecule has 0 aromatic heterocycles. The third kappa shape index (κ3) is 2.93. The molecule has 1 aliphatic carbocycles. The van der Waals surface area contributed by atoms with Crippen LogP contribution in [-0.4, -0.2) is 38.2 Å². The van der Waals surface area contributed by atoms with Gasteiger partial charge in [0.2, 0.25) is 0 Å². The van der Waals surface area contributed by atoms with Gasteiger partial charge in [0.05, 0.1) is 24.3 Å². The lowest BCUT2D eigenvalue weighted by Crippen LogP contribution is -2.43. The van der Waals surface area contributed by atoms with E-state index < -0.39 is 5.41 Å². The summed E-state index contributed by atoms with van der Waals surface area (Å²) in [6, 6.07) is 2.38. The van der Waals surface area contributed by atoms with Gasteiger partial charge in [0.25, 0.3) is 0 Å². The van der Waals surface area contributed by atoms with E-state index in [-0.39, 0.29) is 0 Å². The summed E-state index contributed by atoms with van der Waals surface area (Å²) < 4.78 is 5.56. The second kappa shape index (κ2) is 5.66. The van der Waals surface area contributed by atoms with Crippen LogP contribution in [0.1, 0.15) is 26.7 Å². The average molecular weight is 261 g/mol. The maximum atomic E-state index is 9.25. The molecule has 1 heterocycles. The number of ether oxygens (including phenoxy) is 1. The molecule has 0 amide bonds. The fourth-order valence-corrected chi connectivity index (χ4v) is 2.68. The number of nitriles is 1. The Labute approximate surface area is 115 Å². The topological polar surface area (TPSA) is 48.3 Å². The van der Waals surface area contributed by atoms with E-state index in [2.05, 4.69) is 22.4 Å². The van der Waals surface area contributed by atoms with Gasteiger partial charge < -0.3 is 15.0 Å². The molecule has 0 aromatic rings. The van der Waals surface area contributed by atoms with Gasteiger partial charge in [-0.05, 0) is 38.3 Å². The zero-order valence-electron chi connectivity index (χ0n) is 12.1. The minimum absolute atomic E-state index is 0.404. The first kappa shape index (κ1) is 14.0. The lowest BCUT2D eigenvalue weighted by Gasteiger charge is -2.35. The van der Waals surface area contributed by atoms with Crippen molar-refractivity contribution < 1.29 is 4.74 Å². The largest absolute Gasteiger partial charge is 0.495 e. The van der Waals surface area contributed by atoms with Gasteiger partial charge >= 0.3 is 0 Å². The lowest BCUT2D eigenvalue weighted by molar-refractivity contribution is 0.238. The number of rotatable bonds is 3. The number of nitrogens with one attached hydrogen (secondary N) is 1. The Kier molecular flexibility index (Phi) is 4.16. The van der Waals surface area contributed by atoms with Crippen molar-refractivity contribution in [3.05, 3.63) is 23.1 Å². The Morgan fingerprint density at radius 2 is 2.00 bits per heavy atom. The van der Waals surface area contributed by atoms with E-state index in [1.807, 2.05) is 13.8 Å². The van der Waals surface area contributed by atoms with E-state index in [1.165, 1.54) is 11.3 Å². The molecule has 0 atom stereocenters. The summed E-state index contributed by atoms with van der Waals surface area (Å²) in [7, 11) is 1.72. The van der Waals surface area contributed by atoms with Crippen molar-refractivity contribution in [3.63, 3.8) is 0 Å². The molecule has 0 unspecified atom stereocenters. The molecule has 1 saturated heterocycles. The first-order valence-electron chi connectivity index (χ1n) is 6.93. The van der Waals surface area contributed by atoms with Crippen molar-refractivity contribution in [2.24, 2.45) is 5.41 Å². The van der Waals surface area contributed by atoms with E-state index in [1.54, 1.807) is 7.11 Å². The highest BCUT2D eigenvalue weighted by Gasteiger charge is 2.28. The number of hydrogen-bond acceptors (Lipinski definition) is 4. The van der Waals surface area contributed by atoms with Gasteiger partial charge in [0, 0.05) is 26.2 Å². The summed E-state index contributed by atoms with van der Waals surface area (Å²) in [6.45, 7) is 8.07. The highest BCUT2D eigenvalue weighted by atomic mass is 16.5.